The predicted molar refractivity (Wildman–Crippen MR) is 66.4 cm³/mol. The zero-order valence-corrected chi connectivity index (χ0v) is 10.7. The molecule has 1 N–H and O–H groups in total. The van der Waals surface area contributed by atoms with Gasteiger partial charge in [-0.1, -0.05) is 39.5 Å². The van der Waals surface area contributed by atoms with Crippen LogP contribution in [-0.2, 0) is 4.79 Å². The van der Waals surface area contributed by atoms with Crippen LogP contribution in [0.1, 0.15) is 65.2 Å². The smallest absolute Gasteiger partial charge is 0.306 e. The molecule has 1 saturated carbocycles. The molecule has 94 valence electrons. The predicted octanol–water partition coefficient (Wildman–Crippen LogP) is 4.09. The zero-order chi connectivity index (χ0) is 12.0. The van der Waals surface area contributed by atoms with Gasteiger partial charge in [-0.3, -0.25) is 4.79 Å². The van der Waals surface area contributed by atoms with Crippen LogP contribution < -0.4 is 0 Å². The summed E-state index contributed by atoms with van der Waals surface area (Å²) in [4.78, 5) is 11.2. The molecule has 0 aromatic carbocycles. The van der Waals surface area contributed by atoms with E-state index in [2.05, 4.69) is 13.8 Å². The third kappa shape index (κ3) is 4.15. The third-order valence-corrected chi connectivity index (χ3v) is 3.99. The van der Waals surface area contributed by atoms with E-state index in [0.29, 0.717) is 5.92 Å². The van der Waals surface area contributed by atoms with Crippen molar-refractivity contribution in [1.29, 1.82) is 0 Å². The highest BCUT2D eigenvalue weighted by atomic mass is 16.4. The van der Waals surface area contributed by atoms with E-state index in [1.165, 1.54) is 25.7 Å². The fourth-order valence-corrected chi connectivity index (χ4v) is 2.98. The van der Waals surface area contributed by atoms with Crippen LogP contribution in [0.3, 0.4) is 0 Å². The summed E-state index contributed by atoms with van der Waals surface area (Å²) in [5.41, 5.74) is 0. The molecule has 0 aliphatic heterocycles. The van der Waals surface area contributed by atoms with Gasteiger partial charge in [-0.25, -0.2) is 0 Å². The number of carboxylic acids is 1. The standard InChI is InChI=1S/C14H26O2/c1-3-4-5-6-7-12-10-11(2)8-9-13(12)14(15)16/h11-13H,3-10H2,1-2H3,(H,15,16). The van der Waals surface area contributed by atoms with Gasteiger partial charge >= 0.3 is 5.97 Å². The molecule has 2 heteroatoms. The highest BCUT2D eigenvalue weighted by molar-refractivity contribution is 5.70. The number of carboxylic acid groups (broad SMARTS) is 1. The summed E-state index contributed by atoms with van der Waals surface area (Å²) in [6.45, 7) is 4.47. The average Bonchev–Trinajstić information content (AvgIpc) is 2.24. The molecule has 0 radical (unpaired) electrons. The molecule has 0 saturated heterocycles. The van der Waals surface area contributed by atoms with E-state index in [-0.39, 0.29) is 5.92 Å². The van der Waals surface area contributed by atoms with Gasteiger partial charge in [0.2, 0.25) is 0 Å². The maximum absolute atomic E-state index is 11.2. The van der Waals surface area contributed by atoms with E-state index in [0.717, 1.165) is 31.6 Å². The molecule has 0 spiro atoms. The second kappa shape index (κ2) is 6.93. The maximum Gasteiger partial charge on any atom is 0.306 e. The second-order valence-corrected chi connectivity index (χ2v) is 5.47. The van der Waals surface area contributed by atoms with Gasteiger partial charge in [-0.05, 0) is 37.5 Å². The molecule has 0 heterocycles. The lowest BCUT2D eigenvalue weighted by molar-refractivity contribution is -0.145. The third-order valence-electron chi connectivity index (χ3n) is 3.99. The zero-order valence-electron chi connectivity index (χ0n) is 10.7. The molecule has 16 heavy (non-hydrogen) atoms. The highest BCUT2D eigenvalue weighted by Crippen LogP contribution is 2.36. The van der Waals surface area contributed by atoms with Gasteiger partial charge in [-0.15, -0.1) is 0 Å². The molecule has 1 aliphatic rings. The van der Waals surface area contributed by atoms with E-state index in [9.17, 15) is 9.90 Å². The van der Waals surface area contributed by atoms with Crippen LogP contribution >= 0.6 is 0 Å². The van der Waals surface area contributed by atoms with Gasteiger partial charge in [0.25, 0.3) is 0 Å². The normalized spacial score (nSPS) is 30.2. The lowest BCUT2D eigenvalue weighted by Crippen LogP contribution is -2.29. The quantitative estimate of drug-likeness (QED) is 0.692. The fourth-order valence-electron chi connectivity index (χ4n) is 2.98. The summed E-state index contributed by atoms with van der Waals surface area (Å²) < 4.78 is 0. The molecular weight excluding hydrogens is 200 g/mol. The highest BCUT2D eigenvalue weighted by Gasteiger charge is 2.32. The monoisotopic (exact) mass is 226 g/mol. The van der Waals surface area contributed by atoms with Gasteiger partial charge < -0.3 is 5.11 Å². The molecule has 1 aliphatic carbocycles. The maximum atomic E-state index is 11.2. The molecule has 0 amide bonds. The van der Waals surface area contributed by atoms with E-state index < -0.39 is 5.97 Å². The molecule has 3 atom stereocenters. The van der Waals surface area contributed by atoms with Crippen LogP contribution in [0.5, 0.6) is 0 Å². The van der Waals surface area contributed by atoms with E-state index in [4.69, 9.17) is 0 Å². The van der Waals surface area contributed by atoms with Gasteiger partial charge in [0.1, 0.15) is 0 Å². The topological polar surface area (TPSA) is 37.3 Å². The Morgan fingerprint density at radius 2 is 2.00 bits per heavy atom. The van der Waals surface area contributed by atoms with E-state index in [1.807, 2.05) is 0 Å². The van der Waals surface area contributed by atoms with E-state index in [1.54, 1.807) is 0 Å². The second-order valence-electron chi connectivity index (χ2n) is 5.47. The fraction of sp³-hybridized carbons (Fsp3) is 0.929. The first-order valence-corrected chi connectivity index (χ1v) is 6.88. The van der Waals surface area contributed by atoms with Crippen molar-refractivity contribution < 1.29 is 9.90 Å². The minimum absolute atomic E-state index is 0.0576. The SMILES string of the molecule is CCCCCCC1CC(C)CCC1C(=O)O. The summed E-state index contributed by atoms with van der Waals surface area (Å²) >= 11 is 0. The Hall–Kier alpha value is -0.530. The van der Waals surface area contributed by atoms with Crippen LogP contribution in [0.2, 0.25) is 0 Å². The van der Waals surface area contributed by atoms with E-state index >= 15 is 0 Å². The molecule has 0 aromatic heterocycles. The van der Waals surface area contributed by atoms with Crippen LogP contribution in [-0.4, -0.2) is 11.1 Å². The minimum Gasteiger partial charge on any atom is -0.481 e. The number of hydrogen-bond donors (Lipinski definition) is 1. The number of carbonyl (C=O) groups is 1. The van der Waals surface area contributed by atoms with Crippen LogP contribution in [0.25, 0.3) is 0 Å². The van der Waals surface area contributed by atoms with Gasteiger partial charge in [0, 0.05) is 0 Å². The summed E-state index contributed by atoms with van der Waals surface area (Å²) in [5, 5.41) is 9.20. The minimum atomic E-state index is -0.563. The molecule has 2 nitrogen and oxygen atoms in total. The summed E-state index contributed by atoms with van der Waals surface area (Å²) in [6, 6.07) is 0. The largest absolute Gasteiger partial charge is 0.481 e. The Morgan fingerprint density at radius 3 is 2.62 bits per heavy atom. The number of rotatable bonds is 6. The summed E-state index contributed by atoms with van der Waals surface area (Å²) in [5.74, 6) is 0.551. The first-order valence-electron chi connectivity index (χ1n) is 6.88. The molecule has 3 unspecified atom stereocenters. The van der Waals surface area contributed by atoms with Crippen molar-refractivity contribution in [3.63, 3.8) is 0 Å². The number of hydrogen-bond acceptors (Lipinski definition) is 1. The Kier molecular flexibility index (Phi) is 5.86. The van der Waals surface area contributed by atoms with Crippen molar-refractivity contribution in [1.82, 2.24) is 0 Å². The van der Waals surface area contributed by atoms with Crippen molar-refractivity contribution in [3.05, 3.63) is 0 Å². The molecular formula is C14H26O2. The van der Waals surface area contributed by atoms with Gasteiger partial charge in [0.05, 0.1) is 5.92 Å². The van der Waals surface area contributed by atoms with Crippen LogP contribution in [0.15, 0.2) is 0 Å². The Bertz CT molecular complexity index is 213. The summed E-state index contributed by atoms with van der Waals surface area (Å²) in [7, 11) is 0. The number of unbranched alkanes of at least 4 members (excludes halogenated alkanes) is 3. The van der Waals surface area contributed by atoms with Crippen molar-refractivity contribution in [2.24, 2.45) is 17.8 Å². The Morgan fingerprint density at radius 1 is 1.25 bits per heavy atom. The molecule has 1 fully saturated rings. The Labute approximate surface area is 99.4 Å². The average molecular weight is 226 g/mol. The summed E-state index contributed by atoms with van der Waals surface area (Å²) in [6.07, 6.45) is 9.29. The number of aliphatic carboxylic acids is 1. The van der Waals surface area contributed by atoms with Crippen molar-refractivity contribution in [2.45, 2.75) is 65.2 Å². The Balaban J connectivity index is 2.35. The molecule has 1 rings (SSSR count). The van der Waals surface area contributed by atoms with Crippen LogP contribution in [0, 0.1) is 17.8 Å². The first kappa shape index (κ1) is 13.5. The lowest BCUT2D eigenvalue weighted by atomic mass is 9.72. The van der Waals surface area contributed by atoms with Gasteiger partial charge in [-0.2, -0.15) is 0 Å². The van der Waals surface area contributed by atoms with Crippen molar-refractivity contribution in [2.75, 3.05) is 0 Å². The van der Waals surface area contributed by atoms with Crippen molar-refractivity contribution >= 4 is 5.97 Å². The van der Waals surface area contributed by atoms with Crippen molar-refractivity contribution in [3.8, 4) is 0 Å². The molecule has 0 bridgehead atoms. The first-order chi connectivity index (χ1) is 7.65. The lowest BCUT2D eigenvalue weighted by Gasteiger charge is -2.32. The molecule has 0 aromatic rings. The van der Waals surface area contributed by atoms with Crippen LogP contribution in [0.4, 0.5) is 0 Å². The van der Waals surface area contributed by atoms with Gasteiger partial charge in [0.15, 0.2) is 0 Å².